The van der Waals surface area contributed by atoms with Gasteiger partial charge in [-0.05, 0) is 236 Å². The standard InChI is InChI=1S/C116H80N2S2/c1-113(2)100-51-21-17-43-89(100)95-48-27-46-86(110(95)113)76-31-26-41-82(67-76)118(106-53-29-50-97-93-45-20-24-55-108(93)120-112(97)106)84-59-62-91-98-68-74(57-65-103(98)116(105(91)71-84,79-36-13-7-14-37-79)80-38-15-8-16-39-80)73-56-64-101-99(69-73)96-49-28-47-87(111(96)114(101,3)4)75-30-25-40-81(66-75)117(85-60-63-94-92-44-19-23-54-107(92)119-109(94)72-85)83-58-61-90-88-42-18-22-52-102(88)115(104(90)70-83,77-32-9-5-10-33-77)78-34-11-6-12-35-78/h5-72H,1-4H3. The van der Waals surface area contributed by atoms with Crippen molar-refractivity contribution in [2.24, 2.45) is 0 Å². The van der Waals surface area contributed by atoms with Gasteiger partial charge in [0.05, 0.1) is 21.2 Å². The minimum absolute atomic E-state index is 0.192. The molecule has 2 nitrogen and oxygen atoms in total. The molecule has 0 unspecified atom stereocenters. The van der Waals surface area contributed by atoms with E-state index in [4.69, 9.17) is 0 Å². The van der Waals surface area contributed by atoms with Crippen molar-refractivity contribution < 1.29 is 0 Å². The second-order valence-electron chi connectivity index (χ2n) is 34.0. The summed E-state index contributed by atoms with van der Waals surface area (Å²) in [6.07, 6.45) is 0. The first kappa shape index (κ1) is 70.2. The molecule has 20 aromatic rings. The molecule has 4 aliphatic carbocycles. The molecule has 0 atom stereocenters. The van der Waals surface area contributed by atoms with Gasteiger partial charge in [-0.25, -0.2) is 0 Å². The molecule has 2 aromatic heterocycles. The Morgan fingerprint density at radius 3 is 1.15 bits per heavy atom. The minimum atomic E-state index is -0.688. The van der Waals surface area contributed by atoms with E-state index in [1.807, 2.05) is 22.7 Å². The third kappa shape index (κ3) is 10.2. The molecular weight excluding hydrogens is 1490 g/mol. The molecule has 566 valence electrons. The molecule has 18 aromatic carbocycles. The molecule has 0 saturated carbocycles. The quantitative estimate of drug-likeness (QED) is 0.114. The third-order valence-electron chi connectivity index (χ3n) is 27.2. The molecule has 0 amide bonds. The molecule has 0 N–H and O–H groups in total. The van der Waals surface area contributed by atoms with Gasteiger partial charge in [-0.15, -0.1) is 22.7 Å². The highest BCUT2D eigenvalue weighted by Crippen LogP contribution is 2.63. The van der Waals surface area contributed by atoms with Crippen LogP contribution in [0.4, 0.5) is 34.1 Å². The fourth-order valence-corrected chi connectivity index (χ4v) is 24.4. The zero-order valence-corrected chi connectivity index (χ0v) is 68.6. The minimum Gasteiger partial charge on any atom is -0.310 e. The predicted octanol–water partition coefficient (Wildman–Crippen LogP) is 31.7. The maximum absolute atomic E-state index is 2.56. The van der Waals surface area contributed by atoms with E-state index in [0.29, 0.717) is 0 Å². The zero-order valence-electron chi connectivity index (χ0n) is 67.0. The topological polar surface area (TPSA) is 6.48 Å². The van der Waals surface area contributed by atoms with Gasteiger partial charge in [-0.2, -0.15) is 0 Å². The fraction of sp³-hybridized carbons (Fsp3) is 0.0690. The smallest absolute Gasteiger partial charge is 0.0714 e. The number of rotatable bonds is 13. The molecule has 4 heteroatoms. The lowest BCUT2D eigenvalue weighted by Gasteiger charge is -2.35. The molecule has 4 aliphatic rings. The SMILES string of the molecule is CC1(C)c2ccccc2-c2cccc(-c3cccc(N(c4ccc5c(c4)C(c4ccccc4)(c4ccccc4)c4ccc(-c6ccc7c(c6)-c6cccc(-c8cccc(N(c9ccc%10c(c9)C(c9ccccc9)(c9ccccc9)c9ccccc9-%10)c9ccc%10c(c9)sc9ccccc9%10)c8)c6C7(C)C)cc4-5)c4cccc5c4sc4ccccc45)c3)c21. The number of thiophene rings is 2. The Balaban J connectivity index is 0.645. The maximum Gasteiger partial charge on any atom is 0.0714 e. The summed E-state index contributed by atoms with van der Waals surface area (Å²) in [6.45, 7) is 9.68. The maximum atomic E-state index is 2.56. The van der Waals surface area contributed by atoms with Crippen LogP contribution in [0.25, 0.3) is 118 Å². The van der Waals surface area contributed by atoms with Crippen molar-refractivity contribution in [3.05, 3.63) is 479 Å². The molecule has 0 bridgehead atoms. The van der Waals surface area contributed by atoms with Crippen LogP contribution in [0.3, 0.4) is 0 Å². The highest BCUT2D eigenvalue weighted by Gasteiger charge is 2.49. The van der Waals surface area contributed by atoms with E-state index in [1.165, 1.54) is 185 Å². The van der Waals surface area contributed by atoms with E-state index in [-0.39, 0.29) is 10.8 Å². The van der Waals surface area contributed by atoms with Gasteiger partial charge in [-0.1, -0.05) is 349 Å². The van der Waals surface area contributed by atoms with Crippen molar-refractivity contribution in [2.45, 2.75) is 49.4 Å². The van der Waals surface area contributed by atoms with Crippen LogP contribution in [0.2, 0.25) is 0 Å². The van der Waals surface area contributed by atoms with Crippen molar-refractivity contribution in [2.75, 3.05) is 9.80 Å². The first-order valence-corrected chi connectivity index (χ1v) is 43.6. The summed E-state index contributed by atoms with van der Waals surface area (Å²) in [5, 5.41) is 5.11. The van der Waals surface area contributed by atoms with Crippen LogP contribution in [0.1, 0.15) is 94.5 Å². The Kier molecular flexibility index (Phi) is 15.7. The molecular formula is C116H80N2S2. The number of benzene rings is 18. The van der Waals surface area contributed by atoms with E-state index >= 15 is 0 Å². The highest BCUT2D eigenvalue weighted by atomic mass is 32.1. The summed E-state index contributed by atoms with van der Waals surface area (Å²) in [6, 6.07) is 157. The first-order valence-electron chi connectivity index (χ1n) is 41.9. The van der Waals surface area contributed by atoms with Crippen molar-refractivity contribution in [3.63, 3.8) is 0 Å². The van der Waals surface area contributed by atoms with Gasteiger partial charge < -0.3 is 9.80 Å². The van der Waals surface area contributed by atoms with E-state index < -0.39 is 10.8 Å². The summed E-state index contributed by atoms with van der Waals surface area (Å²) < 4.78 is 5.09. The Labute approximate surface area is 708 Å². The molecule has 0 aliphatic heterocycles. The van der Waals surface area contributed by atoms with E-state index in [0.717, 1.165) is 34.1 Å². The Morgan fingerprint density at radius 1 is 0.200 bits per heavy atom. The van der Waals surface area contributed by atoms with Crippen LogP contribution in [-0.2, 0) is 21.7 Å². The Bertz CT molecular complexity index is 7530. The first-order chi connectivity index (χ1) is 59.0. The largest absolute Gasteiger partial charge is 0.310 e. The van der Waals surface area contributed by atoms with Crippen molar-refractivity contribution in [1.29, 1.82) is 0 Å². The lowest BCUT2D eigenvalue weighted by atomic mass is 9.67. The van der Waals surface area contributed by atoms with Gasteiger partial charge in [-0.3, -0.25) is 0 Å². The summed E-state index contributed by atoms with van der Waals surface area (Å²) in [4.78, 5) is 5.08. The number of anilines is 6. The fourth-order valence-electron chi connectivity index (χ4n) is 22.0. The molecule has 120 heavy (non-hydrogen) atoms. The summed E-state index contributed by atoms with van der Waals surface area (Å²) in [7, 11) is 0. The van der Waals surface area contributed by atoms with Crippen LogP contribution in [-0.4, -0.2) is 0 Å². The van der Waals surface area contributed by atoms with Gasteiger partial charge in [0.2, 0.25) is 0 Å². The van der Waals surface area contributed by atoms with E-state index in [9.17, 15) is 0 Å². The number of nitrogens with zero attached hydrogens (tertiary/aromatic N) is 2. The van der Waals surface area contributed by atoms with Crippen molar-refractivity contribution >= 4 is 97.1 Å². The zero-order chi connectivity index (χ0) is 79.7. The monoisotopic (exact) mass is 1560 g/mol. The van der Waals surface area contributed by atoms with Crippen LogP contribution in [0, 0.1) is 0 Å². The third-order valence-corrected chi connectivity index (χ3v) is 29.5. The van der Waals surface area contributed by atoms with Gasteiger partial charge >= 0.3 is 0 Å². The van der Waals surface area contributed by atoms with E-state index in [2.05, 4.69) is 450 Å². The summed E-state index contributed by atoms with van der Waals surface area (Å²) in [5.74, 6) is 0. The van der Waals surface area contributed by atoms with Gasteiger partial charge in [0.15, 0.2) is 0 Å². The highest BCUT2D eigenvalue weighted by molar-refractivity contribution is 7.26. The average Bonchev–Trinajstić information content (AvgIpc) is 1.51. The van der Waals surface area contributed by atoms with Crippen LogP contribution < -0.4 is 9.80 Å². The van der Waals surface area contributed by atoms with Crippen LogP contribution in [0.5, 0.6) is 0 Å². The number of fused-ring (bicyclic) bond motifs is 18. The second kappa shape index (κ2) is 26.8. The molecule has 2 heterocycles. The van der Waals surface area contributed by atoms with E-state index in [1.54, 1.807) is 0 Å². The molecule has 0 fully saturated rings. The molecule has 0 radical (unpaired) electrons. The molecule has 0 saturated heterocycles. The normalized spacial score (nSPS) is 14.3. The van der Waals surface area contributed by atoms with Crippen LogP contribution >= 0.6 is 22.7 Å². The Morgan fingerprint density at radius 2 is 0.567 bits per heavy atom. The number of hydrogen-bond donors (Lipinski definition) is 0. The van der Waals surface area contributed by atoms with Crippen LogP contribution in [0.15, 0.2) is 413 Å². The summed E-state index contributed by atoms with van der Waals surface area (Å²) in [5.41, 5.74) is 37.8. The lowest BCUT2D eigenvalue weighted by molar-refractivity contribution is 0.662. The molecule has 0 spiro atoms. The van der Waals surface area contributed by atoms with Crippen molar-refractivity contribution in [1.82, 2.24) is 0 Å². The van der Waals surface area contributed by atoms with Crippen molar-refractivity contribution in [3.8, 4) is 77.9 Å². The van der Waals surface area contributed by atoms with Gasteiger partial charge in [0.25, 0.3) is 0 Å². The summed E-state index contributed by atoms with van der Waals surface area (Å²) >= 11 is 3.75. The lowest BCUT2D eigenvalue weighted by Crippen LogP contribution is -2.28. The number of hydrogen-bond acceptors (Lipinski definition) is 4. The second-order valence-corrected chi connectivity index (χ2v) is 36.2. The predicted molar refractivity (Wildman–Crippen MR) is 508 cm³/mol. The van der Waals surface area contributed by atoms with Gasteiger partial charge in [0.1, 0.15) is 0 Å². The Hall–Kier alpha value is -14.0. The van der Waals surface area contributed by atoms with Gasteiger partial charge in [0, 0.05) is 74.9 Å². The average molecular weight is 1570 g/mol. The molecule has 24 rings (SSSR count).